The van der Waals surface area contributed by atoms with Gasteiger partial charge in [0, 0.05) is 19.1 Å². The summed E-state index contributed by atoms with van der Waals surface area (Å²) >= 11 is 0. The number of methoxy groups -OCH3 is 3. The summed E-state index contributed by atoms with van der Waals surface area (Å²) in [5.74, 6) is 1.57. The highest BCUT2D eigenvalue weighted by molar-refractivity contribution is 5.51. The lowest BCUT2D eigenvalue weighted by Gasteiger charge is -2.31. The Labute approximate surface area is 107 Å². The first-order valence-corrected chi connectivity index (χ1v) is 5.79. The third-order valence-corrected chi connectivity index (χ3v) is 3.13. The van der Waals surface area contributed by atoms with Crippen molar-refractivity contribution >= 4 is 0 Å². The van der Waals surface area contributed by atoms with Gasteiger partial charge >= 0.3 is 0 Å². The first kappa shape index (κ1) is 12.9. The van der Waals surface area contributed by atoms with E-state index < -0.39 is 6.29 Å². The average Bonchev–Trinajstić information content (AvgIpc) is 2.44. The molecular formula is C14H18O4. The summed E-state index contributed by atoms with van der Waals surface area (Å²) in [6.45, 7) is 3.77. The summed E-state index contributed by atoms with van der Waals surface area (Å²) in [5.41, 5.74) is 1.96. The average molecular weight is 250 g/mol. The van der Waals surface area contributed by atoms with E-state index in [1.54, 1.807) is 27.4 Å². The van der Waals surface area contributed by atoms with Gasteiger partial charge in [0.1, 0.15) is 11.5 Å². The molecule has 4 nitrogen and oxygen atoms in total. The lowest BCUT2D eigenvalue weighted by Crippen LogP contribution is -2.26. The van der Waals surface area contributed by atoms with Gasteiger partial charge in [-0.05, 0) is 12.1 Å². The summed E-state index contributed by atoms with van der Waals surface area (Å²) in [6.07, 6.45) is 1.94. The molecule has 1 aromatic rings. The molecule has 2 rings (SSSR count). The van der Waals surface area contributed by atoms with E-state index in [1.807, 2.05) is 12.1 Å². The summed E-state index contributed by atoms with van der Waals surface area (Å²) in [5, 5.41) is 0. The van der Waals surface area contributed by atoms with Gasteiger partial charge in [0.05, 0.1) is 25.9 Å². The van der Waals surface area contributed by atoms with E-state index in [-0.39, 0.29) is 6.10 Å². The molecule has 98 valence electrons. The van der Waals surface area contributed by atoms with Gasteiger partial charge in [-0.15, -0.1) is 6.58 Å². The van der Waals surface area contributed by atoms with E-state index in [0.29, 0.717) is 6.42 Å². The molecule has 0 saturated heterocycles. The smallest absolute Gasteiger partial charge is 0.188 e. The van der Waals surface area contributed by atoms with Crippen LogP contribution < -0.4 is 9.47 Å². The molecule has 0 N–H and O–H groups in total. The first-order chi connectivity index (χ1) is 8.74. The van der Waals surface area contributed by atoms with Crippen LogP contribution >= 0.6 is 0 Å². The van der Waals surface area contributed by atoms with Gasteiger partial charge in [-0.3, -0.25) is 0 Å². The molecule has 1 heterocycles. The maximum Gasteiger partial charge on any atom is 0.188 e. The van der Waals surface area contributed by atoms with Gasteiger partial charge < -0.3 is 18.9 Å². The predicted molar refractivity (Wildman–Crippen MR) is 68.1 cm³/mol. The Hall–Kier alpha value is -1.52. The van der Waals surface area contributed by atoms with E-state index in [0.717, 1.165) is 22.6 Å². The summed E-state index contributed by atoms with van der Waals surface area (Å²) in [6, 6.07) is 3.76. The fourth-order valence-electron chi connectivity index (χ4n) is 2.25. The third-order valence-electron chi connectivity index (χ3n) is 3.13. The number of benzene rings is 1. The van der Waals surface area contributed by atoms with Gasteiger partial charge in [-0.1, -0.05) is 6.08 Å². The van der Waals surface area contributed by atoms with Crippen LogP contribution in [0.4, 0.5) is 0 Å². The van der Waals surface area contributed by atoms with Crippen LogP contribution in [-0.2, 0) is 15.9 Å². The number of ether oxygens (including phenoxy) is 4. The third kappa shape index (κ3) is 2.09. The van der Waals surface area contributed by atoms with E-state index in [1.165, 1.54) is 0 Å². The molecule has 1 aromatic carbocycles. The van der Waals surface area contributed by atoms with Gasteiger partial charge in [0.15, 0.2) is 6.29 Å². The zero-order valence-corrected chi connectivity index (χ0v) is 10.9. The molecule has 0 fully saturated rings. The van der Waals surface area contributed by atoms with E-state index in [2.05, 4.69) is 6.58 Å². The molecule has 0 spiro atoms. The van der Waals surface area contributed by atoms with Crippen molar-refractivity contribution in [1.29, 1.82) is 0 Å². The summed E-state index contributed by atoms with van der Waals surface area (Å²) in [4.78, 5) is 0. The maximum atomic E-state index is 5.78. The van der Waals surface area contributed by atoms with Crippen molar-refractivity contribution in [2.45, 2.75) is 18.8 Å². The van der Waals surface area contributed by atoms with Gasteiger partial charge in [-0.2, -0.15) is 0 Å². The summed E-state index contributed by atoms with van der Waals surface area (Å²) in [7, 11) is 4.90. The van der Waals surface area contributed by atoms with E-state index in [4.69, 9.17) is 18.9 Å². The summed E-state index contributed by atoms with van der Waals surface area (Å²) < 4.78 is 21.9. The molecule has 4 heteroatoms. The highest BCUT2D eigenvalue weighted by Gasteiger charge is 2.31. The predicted octanol–water partition coefficient (Wildman–Crippen LogP) is 2.48. The van der Waals surface area contributed by atoms with E-state index >= 15 is 0 Å². The number of hydrogen-bond acceptors (Lipinski definition) is 4. The van der Waals surface area contributed by atoms with Crippen LogP contribution in [0.3, 0.4) is 0 Å². The van der Waals surface area contributed by atoms with Crippen molar-refractivity contribution < 1.29 is 18.9 Å². The Morgan fingerprint density at radius 1 is 1.22 bits per heavy atom. The van der Waals surface area contributed by atoms with Crippen LogP contribution in [0.25, 0.3) is 0 Å². The quantitative estimate of drug-likeness (QED) is 0.769. The minimum absolute atomic E-state index is 0.0801. The van der Waals surface area contributed by atoms with Crippen LogP contribution in [0.1, 0.15) is 17.4 Å². The highest BCUT2D eigenvalue weighted by atomic mass is 16.7. The molecule has 2 atom stereocenters. The van der Waals surface area contributed by atoms with Crippen molar-refractivity contribution in [1.82, 2.24) is 0 Å². The highest BCUT2D eigenvalue weighted by Crippen LogP contribution is 2.41. The van der Waals surface area contributed by atoms with Crippen molar-refractivity contribution in [2.75, 3.05) is 21.3 Å². The van der Waals surface area contributed by atoms with Gasteiger partial charge in [0.25, 0.3) is 0 Å². The molecule has 0 aliphatic carbocycles. The Balaban J connectivity index is 2.56. The number of fused-ring (bicyclic) bond motifs is 1. The molecule has 0 aromatic heterocycles. The Morgan fingerprint density at radius 2 is 1.89 bits per heavy atom. The first-order valence-electron chi connectivity index (χ1n) is 5.79. The molecule has 0 amide bonds. The molecule has 0 saturated carbocycles. The van der Waals surface area contributed by atoms with Crippen LogP contribution in [0, 0.1) is 0 Å². The fourth-order valence-corrected chi connectivity index (χ4v) is 2.25. The lowest BCUT2D eigenvalue weighted by atomic mass is 9.96. The van der Waals surface area contributed by atoms with Crippen LogP contribution in [-0.4, -0.2) is 27.4 Å². The normalized spacial score (nSPS) is 22.2. The Morgan fingerprint density at radius 3 is 2.44 bits per heavy atom. The van der Waals surface area contributed by atoms with Gasteiger partial charge in [-0.25, -0.2) is 0 Å². The van der Waals surface area contributed by atoms with Crippen molar-refractivity contribution in [2.24, 2.45) is 0 Å². The van der Waals surface area contributed by atoms with E-state index in [9.17, 15) is 0 Å². The molecular weight excluding hydrogens is 232 g/mol. The minimum Gasteiger partial charge on any atom is -0.496 e. The Kier molecular flexibility index (Phi) is 3.89. The second-order valence-electron chi connectivity index (χ2n) is 4.04. The monoisotopic (exact) mass is 250 g/mol. The largest absolute Gasteiger partial charge is 0.496 e. The fraction of sp³-hybridized carbons (Fsp3) is 0.429. The maximum absolute atomic E-state index is 5.78. The van der Waals surface area contributed by atoms with Crippen LogP contribution in [0.2, 0.25) is 0 Å². The number of hydrogen-bond donors (Lipinski definition) is 0. The Bertz CT molecular complexity index is 442. The zero-order valence-electron chi connectivity index (χ0n) is 10.9. The molecule has 18 heavy (non-hydrogen) atoms. The molecule has 2 unspecified atom stereocenters. The molecule has 0 bridgehead atoms. The number of rotatable bonds is 4. The molecule has 1 aliphatic heterocycles. The SMILES string of the molecule is C=CC1Cc2c(OC)ccc(OC)c2C(OC)O1. The zero-order chi connectivity index (χ0) is 13.1. The van der Waals surface area contributed by atoms with Crippen molar-refractivity contribution in [3.05, 3.63) is 35.9 Å². The second kappa shape index (κ2) is 5.42. The van der Waals surface area contributed by atoms with Crippen molar-refractivity contribution in [3.8, 4) is 11.5 Å². The molecule has 1 aliphatic rings. The minimum atomic E-state index is -0.457. The van der Waals surface area contributed by atoms with Crippen LogP contribution in [0.5, 0.6) is 11.5 Å². The second-order valence-corrected chi connectivity index (χ2v) is 4.04. The van der Waals surface area contributed by atoms with Crippen molar-refractivity contribution in [3.63, 3.8) is 0 Å². The lowest BCUT2D eigenvalue weighted by molar-refractivity contribution is -0.156. The van der Waals surface area contributed by atoms with Crippen LogP contribution in [0.15, 0.2) is 24.8 Å². The molecule has 0 radical (unpaired) electrons. The topological polar surface area (TPSA) is 36.9 Å². The van der Waals surface area contributed by atoms with Gasteiger partial charge in [0.2, 0.25) is 0 Å². The standard InChI is InChI=1S/C14H18O4/c1-5-9-8-10-11(15-2)6-7-12(16-3)13(10)14(17-4)18-9/h5-7,9,14H,1,8H2,2-4H3.